The standard InChI is InChI=1S/C42H31ClF6N2O5/c1-20-13-22(14-21(2)35(20)52)34-29-11-12-30-33(38(55)50(36(30)53)28-16-24(41(44,45)46)15-25(17-28)42(47,48)49)31(29)19-32-37(54)51(27-10-6-9-26(43)18-27)39(56)40(32,34)23-7-4-3-5-8-23/h3-11,13-18,30-34,52H,12,19H2,1-2H3/t30-,31+,32-,33-,34-,40+/m0/s1. The number of fused-ring (bicyclic) bond motifs is 4. The van der Waals surface area contributed by atoms with Crippen molar-refractivity contribution in [3.8, 4) is 5.75 Å². The quantitative estimate of drug-likeness (QED) is 0.127. The summed E-state index contributed by atoms with van der Waals surface area (Å²) in [4.78, 5) is 60.3. The van der Waals surface area contributed by atoms with Crippen molar-refractivity contribution >= 4 is 46.6 Å². The zero-order chi connectivity index (χ0) is 40.2. The molecular weight excluding hydrogens is 762 g/mol. The lowest BCUT2D eigenvalue weighted by Crippen LogP contribution is -2.53. The van der Waals surface area contributed by atoms with Gasteiger partial charge in [0, 0.05) is 10.9 Å². The number of anilines is 2. The number of halogens is 7. The number of aromatic hydroxyl groups is 1. The molecule has 2 aliphatic carbocycles. The van der Waals surface area contributed by atoms with E-state index in [2.05, 4.69) is 0 Å². The third-order valence-electron chi connectivity index (χ3n) is 11.8. The van der Waals surface area contributed by atoms with Gasteiger partial charge in [0.15, 0.2) is 0 Å². The van der Waals surface area contributed by atoms with Crippen LogP contribution in [0.25, 0.3) is 0 Å². The number of aryl methyl sites for hydroxylation is 2. The number of phenols is 1. The van der Waals surface area contributed by atoms with Crippen molar-refractivity contribution < 1.29 is 50.6 Å². The number of rotatable bonds is 4. The molecule has 4 aliphatic rings. The van der Waals surface area contributed by atoms with Gasteiger partial charge in [-0.25, -0.2) is 9.80 Å². The summed E-state index contributed by atoms with van der Waals surface area (Å²) in [6, 6.07) is 18.9. The Labute approximate surface area is 321 Å². The normalized spacial score (nSPS) is 26.3. The van der Waals surface area contributed by atoms with Gasteiger partial charge in [-0.05, 0) is 91.3 Å². The summed E-state index contributed by atoms with van der Waals surface area (Å²) in [7, 11) is 0. The largest absolute Gasteiger partial charge is 0.507 e. The average Bonchev–Trinajstić information content (AvgIpc) is 3.53. The Hall–Kier alpha value is -5.43. The minimum Gasteiger partial charge on any atom is -0.507 e. The molecule has 0 unspecified atom stereocenters. The molecule has 6 atom stereocenters. The molecule has 0 aromatic heterocycles. The van der Waals surface area contributed by atoms with E-state index in [1.54, 1.807) is 80.6 Å². The number of nitrogens with zero attached hydrogens (tertiary/aromatic N) is 2. The zero-order valence-corrected chi connectivity index (χ0v) is 30.3. The fourth-order valence-corrected chi connectivity index (χ4v) is 9.78. The van der Waals surface area contributed by atoms with Gasteiger partial charge in [-0.2, -0.15) is 26.3 Å². The van der Waals surface area contributed by atoms with Crippen LogP contribution in [0.2, 0.25) is 5.02 Å². The van der Waals surface area contributed by atoms with Crippen molar-refractivity contribution in [2.45, 2.75) is 50.4 Å². The molecule has 4 amide bonds. The van der Waals surface area contributed by atoms with Gasteiger partial charge in [-0.3, -0.25) is 19.2 Å². The van der Waals surface area contributed by atoms with E-state index < -0.39 is 87.8 Å². The Morgan fingerprint density at radius 1 is 0.714 bits per heavy atom. The number of hydrogen-bond donors (Lipinski definition) is 1. The van der Waals surface area contributed by atoms with Gasteiger partial charge >= 0.3 is 12.4 Å². The van der Waals surface area contributed by atoms with E-state index in [0.717, 1.165) is 4.90 Å². The van der Waals surface area contributed by atoms with Crippen LogP contribution < -0.4 is 9.80 Å². The predicted molar refractivity (Wildman–Crippen MR) is 193 cm³/mol. The molecule has 0 spiro atoms. The highest BCUT2D eigenvalue weighted by atomic mass is 35.5. The molecular formula is C42H31ClF6N2O5. The van der Waals surface area contributed by atoms with Gasteiger partial charge in [0.2, 0.25) is 23.6 Å². The van der Waals surface area contributed by atoms with Gasteiger partial charge < -0.3 is 5.11 Å². The maximum absolute atomic E-state index is 15.4. The van der Waals surface area contributed by atoms with Crippen LogP contribution in [0.4, 0.5) is 37.7 Å². The zero-order valence-electron chi connectivity index (χ0n) is 29.6. The van der Waals surface area contributed by atoms with Crippen molar-refractivity contribution in [1.29, 1.82) is 0 Å². The van der Waals surface area contributed by atoms with E-state index in [1.807, 2.05) is 0 Å². The van der Waals surface area contributed by atoms with Crippen LogP contribution in [-0.2, 0) is 36.9 Å². The summed E-state index contributed by atoms with van der Waals surface area (Å²) in [5, 5.41) is 11.1. The molecule has 56 heavy (non-hydrogen) atoms. The maximum atomic E-state index is 15.4. The van der Waals surface area contributed by atoms with Crippen LogP contribution in [0.3, 0.4) is 0 Å². The molecule has 7 nitrogen and oxygen atoms in total. The van der Waals surface area contributed by atoms with Crippen LogP contribution in [0.15, 0.2) is 96.6 Å². The number of phenolic OH excluding ortho intramolecular Hbond substituents is 1. The van der Waals surface area contributed by atoms with E-state index >= 15 is 4.79 Å². The van der Waals surface area contributed by atoms with Gasteiger partial charge in [0.1, 0.15) is 5.75 Å². The first-order valence-corrected chi connectivity index (χ1v) is 18.1. The highest BCUT2D eigenvalue weighted by molar-refractivity contribution is 6.32. The second-order valence-corrected chi connectivity index (χ2v) is 15.3. The van der Waals surface area contributed by atoms with E-state index in [1.165, 1.54) is 6.07 Å². The smallest absolute Gasteiger partial charge is 0.416 e. The second kappa shape index (κ2) is 12.8. The van der Waals surface area contributed by atoms with Gasteiger partial charge in [-0.15, -0.1) is 0 Å². The number of benzene rings is 4. The Bertz CT molecular complexity index is 2340. The molecule has 8 rings (SSSR count). The van der Waals surface area contributed by atoms with Crippen LogP contribution in [0.1, 0.15) is 52.1 Å². The van der Waals surface area contributed by atoms with Gasteiger partial charge in [0.25, 0.3) is 0 Å². The number of hydrogen-bond acceptors (Lipinski definition) is 5. The van der Waals surface area contributed by atoms with Crippen molar-refractivity contribution in [2.24, 2.45) is 23.7 Å². The minimum atomic E-state index is -5.23. The summed E-state index contributed by atoms with van der Waals surface area (Å²) in [6.45, 7) is 3.34. The highest BCUT2D eigenvalue weighted by Crippen LogP contribution is 2.65. The molecule has 1 N–H and O–H groups in total. The lowest BCUT2D eigenvalue weighted by Gasteiger charge is -2.51. The molecule has 2 saturated heterocycles. The van der Waals surface area contributed by atoms with Crippen molar-refractivity contribution in [2.75, 3.05) is 9.80 Å². The van der Waals surface area contributed by atoms with Crippen LogP contribution in [-0.4, -0.2) is 28.7 Å². The van der Waals surface area contributed by atoms with Crippen LogP contribution >= 0.6 is 11.6 Å². The van der Waals surface area contributed by atoms with Gasteiger partial charge in [-0.1, -0.05) is 71.8 Å². The summed E-state index contributed by atoms with van der Waals surface area (Å²) >= 11 is 6.34. The highest BCUT2D eigenvalue weighted by Gasteiger charge is 2.70. The summed E-state index contributed by atoms with van der Waals surface area (Å²) in [5.41, 5.74) is -3.22. The first kappa shape index (κ1) is 37.5. The molecule has 0 bridgehead atoms. The molecule has 14 heteroatoms. The summed E-state index contributed by atoms with van der Waals surface area (Å²) < 4.78 is 83.5. The monoisotopic (exact) mass is 792 g/mol. The molecule has 1 saturated carbocycles. The van der Waals surface area contributed by atoms with E-state index in [-0.39, 0.29) is 35.4 Å². The SMILES string of the molecule is Cc1cc([C@H]2C3=CC[C@@H]4C(=O)N(c5cc(C(F)(F)F)cc(C(F)(F)F)c5)C(=O)[C@@H]4[C@@H]3C[C@H]3C(=O)N(c4cccc(Cl)c4)C(=O)[C@@]23c2ccccc2)cc(C)c1O. The summed E-state index contributed by atoms with van der Waals surface area (Å²) in [5.74, 6) is -8.70. The molecule has 0 radical (unpaired) electrons. The fraction of sp³-hybridized carbons (Fsp3) is 0.286. The van der Waals surface area contributed by atoms with Crippen LogP contribution in [0.5, 0.6) is 5.75 Å². The lowest BCUT2D eigenvalue weighted by molar-refractivity contribution is -0.143. The van der Waals surface area contributed by atoms with Crippen LogP contribution in [0, 0.1) is 37.5 Å². The van der Waals surface area contributed by atoms with Gasteiger partial charge in [0.05, 0.1) is 45.7 Å². The minimum absolute atomic E-state index is 0.00464. The van der Waals surface area contributed by atoms with E-state index in [0.29, 0.717) is 44.9 Å². The molecule has 2 heterocycles. The maximum Gasteiger partial charge on any atom is 0.416 e. The second-order valence-electron chi connectivity index (χ2n) is 14.9. The molecule has 4 aromatic rings. The summed E-state index contributed by atoms with van der Waals surface area (Å²) in [6.07, 6.45) is -9.02. The van der Waals surface area contributed by atoms with Crippen molar-refractivity contribution in [3.05, 3.63) is 135 Å². The third-order valence-corrected chi connectivity index (χ3v) is 12.1. The molecule has 3 fully saturated rings. The number of allylic oxidation sites excluding steroid dienone is 2. The van der Waals surface area contributed by atoms with Crippen molar-refractivity contribution in [3.63, 3.8) is 0 Å². The van der Waals surface area contributed by atoms with E-state index in [9.17, 15) is 45.8 Å². The van der Waals surface area contributed by atoms with Crippen molar-refractivity contribution in [1.82, 2.24) is 0 Å². The Balaban J connectivity index is 1.34. The number of amides is 4. The third kappa shape index (κ3) is 5.48. The molecule has 2 aliphatic heterocycles. The number of alkyl halides is 6. The Morgan fingerprint density at radius 3 is 1.93 bits per heavy atom. The molecule has 4 aromatic carbocycles. The fourth-order valence-electron chi connectivity index (χ4n) is 9.60. The number of carbonyl (C=O) groups excluding carboxylic acids is 4. The topological polar surface area (TPSA) is 95.0 Å². The van der Waals surface area contributed by atoms with E-state index in [4.69, 9.17) is 11.6 Å². The first-order valence-electron chi connectivity index (χ1n) is 17.7. The first-order chi connectivity index (χ1) is 26.3. The molecule has 288 valence electrons. The average molecular weight is 793 g/mol. The Kier molecular flexibility index (Phi) is 8.57. The number of carbonyl (C=O) groups is 4. The number of imide groups is 2. The Morgan fingerprint density at radius 2 is 1.34 bits per heavy atom. The lowest BCUT2D eigenvalue weighted by atomic mass is 9.49. The predicted octanol–water partition coefficient (Wildman–Crippen LogP) is 9.07.